The van der Waals surface area contributed by atoms with E-state index in [1.54, 1.807) is 12.0 Å². The maximum absolute atomic E-state index is 13.4. The van der Waals surface area contributed by atoms with Gasteiger partial charge in [0, 0.05) is 24.8 Å². The van der Waals surface area contributed by atoms with Crippen LogP contribution in [0.4, 0.5) is 4.39 Å². The summed E-state index contributed by atoms with van der Waals surface area (Å²) >= 11 is 0. The minimum absolute atomic E-state index is 0.192. The van der Waals surface area contributed by atoms with Gasteiger partial charge in [0.2, 0.25) is 0 Å². The number of hydrogen-bond donors (Lipinski definition) is 0. The molecule has 1 spiro atoms. The molecule has 6 heteroatoms. The smallest absolute Gasteiger partial charge is 0.255 e. The van der Waals surface area contributed by atoms with Crippen molar-refractivity contribution in [1.82, 2.24) is 9.88 Å². The van der Waals surface area contributed by atoms with Crippen LogP contribution in [0, 0.1) is 5.82 Å². The molecular weight excluding hydrogens is 335 g/mol. The average molecular weight is 356 g/mol. The third-order valence-electron chi connectivity index (χ3n) is 5.35. The molecule has 1 aromatic carbocycles. The van der Waals surface area contributed by atoms with E-state index in [1.807, 2.05) is 12.1 Å². The molecule has 2 aromatic rings. The number of methoxy groups -OCH3 is 1. The molecule has 0 radical (unpaired) electrons. The van der Waals surface area contributed by atoms with Crippen LogP contribution in [0.1, 0.15) is 34.3 Å². The largest absolute Gasteiger partial charge is 0.496 e. The van der Waals surface area contributed by atoms with Crippen LogP contribution in [0.3, 0.4) is 0 Å². The van der Waals surface area contributed by atoms with Crippen LogP contribution < -0.4 is 4.74 Å². The van der Waals surface area contributed by atoms with Crippen molar-refractivity contribution in [3.05, 3.63) is 59.2 Å². The van der Waals surface area contributed by atoms with Crippen molar-refractivity contribution in [2.24, 2.45) is 0 Å². The van der Waals surface area contributed by atoms with E-state index in [0.717, 1.165) is 23.9 Å². The van der Waals surface area contributed by atoms with Crippen LogP contribution in [0.15, 0.2) is 36.7 Å². The van der Waals surface area contributed by atoms with Gasteiger partial charge in [0.15, 0.2) is 0 Å². The Labute approximate surface area is 151 Å². The van der Waals surface area contributed by atoms with Crippen LogP contribution in [-0.2, 0) is 16.8 Å². The first-order chi connectivity index (χ1) is 12.6. The van der Waals surface area contributed by atoms with Gasteiger partial charge in [0.1, 0.15) is 17.2 Å². The zero-order valence-electron chi connectivity index (χ0n) is 14.7. The predicted octanol–water partition coefficient (Wildman–Crippen LogP) is 2.93. The Bertz CT molecular complexity index is 817. The number of pyridine rings is 1. The van der Waals surface area contributed by atoms with Gasteiger partial charge in [-0.05, 0) is 37.0 Å². The van der Waals surface area contributed by atoms with Crippen molar-refractivity contribution >= 4 is 5.91 Å². The van der Waals surface area contributed by atoms with Gasteiger partial charge >= 0.3 is 0 Å². The molecule has 2 aliphatic heterocycles. The number of benzene rings is 1. The quantitative estimate of drug-likeness (QED) is 0.830. The fourth-order valence-electron chi connectivity index (χ4n) is 4.08. The van der Waals surface area contributed by atoms with Crippen molar-refractivity contribution < 1.29 is 18.7 Å². The maximum Gasteiger partial charge on any atom is 0.255 e. The number of carbonyl (C=O) groups excluding carboxylic acids is 1. The van der Waals surface area contributed by atoms with Crippen molar-refractivity contribution in [1.29, 1.82) is 0 Å². The van der Waals surface area contributed by atoms with E-state index in [9.17, 15) is 9.18 Å². The first kappa shape index (κ1) is 17.0. The van der Waals surface area contributed by atoms with Crippen molar-refractivity contribution in [2.75, 3.05) is 26.8 Å². The summed E-state index contributed by atoms with van der Waals surface area (Å²) in [4.78, 5) is 18.2. The Balaban J connectivity index is 1.57. The summed E-state index contributed by atoms with van der Waals surface area (Å²) in [7, 11) is 1.67. The average Bonchev–Trinajstić information content (AvgIpc) is 2.68. The van der Waals surface area contributed by atoms with Crippen molar-refractivity contribution in [3.8, 4) is 5.75 Å². The number of ether oxygens (including phenoxy) is 2. The number of nitrogens with zero attached hydrogens (tertiary/aromatic N) is 2. The van der Waals surface area contributed by atoms with Gasteiger partial charge in [-0.3, -0.25) is 9.78 Å². The van der Waals surface area contributed by atoms with Gasteiger partial charge in [-0.15, -0.1) is 0 Å². The van der Waals surface area contributed by atoms with Gasteiger partial charge in [-0.2, -0.15) is 0 Å². The first-order valence-corrected chi connectivity index (χ1v) is 8.83. The number of rotatable bonds is 2. The molecule has 0 N–H and O–H groups in total. The van der Waals surface area contributed by atoms with Crippen LogP contribution in [0.2, 0.25) is 0 Å². The highest BCUT2D eigenvalue weighted by Crippen LogP contribution is 2.45. The van der Waals surface area contributed by atoms with E-state index in [1.165, 1.54) is 17.8 Å². The Hall–Kier alpha value is -2.47. The molecule has 0 unspecified atom stereocenters. The Morgan fingerprint density at radius 1 is 1.31 bits per heavy atom. The third kappa shape index (κ3) is 2.84. The molecule has 5 nitrogen and oxygen atoms in total. The van der Waals surface area contributed by atoms with Gasteiger partial charge in [0.25, 0.3) is 5.91 Å². The SMILES string of the molecule is COc1cccc2c1C1(CCN(C(=O)c3cncc(F)c3)CC1)OCC2. The number of aromatic nitrogens is 1. The van der Waals surface area contributed by atoms with Gasteiger partial charge < -0.3 is 14.4 Å². The molecule has 0 saturated carbocycles. The maximum atomic E-state index is 13.4. The number of fused-ring (bicyclic) bond motifs is 2. The minimum atomic E-state index is -0.501. The Morgan fingerprint density at radius 2 is 2.12 bits per heavy atom. The number of amides is 1. The zero-order valence-corrected chi connectivity index (χ0v) is 14.7. The lowest BCUT2D eigenvalue weighted by atomic mass is 9.78. The van der Waals surface area contributed by atoms with Crippen LogP contribution >= 0.6 is 0 Å². The monoisotopic (exact) mass is 356 g/mol. The fraction of sp³-hybridized carbons (Fsp3) is 0.400. The highest BCUT2D eigenvalue weighted by atomic mass is 19.1. The summed E-state index contributed by atoms with van der Waals surface area (Å²) in [6, 6.07) is 7.32. The molecule has 0 atom stereocenters. The summed E-state index contributed by atoms with van der Waals surface area (Å²) in [6.07, 6.45) is 4.75. The summed E-state index contributed by atoms with van der Waals surface area (Å²) in [6.45, 7) is 1.77. The highest BCUT2D eigenvalue weighted by molar-refractivity contribution is 5.94. The van der Waals surface area contributed by atoms with Gasteiger partial charge in [0.05, 0.1) is 25.5 Å². The number of halogens is 1. The van der Waals surface area contributed by atoms with Crippen LogP contribution in [0.5, 0.6) is 5.75 Å². The van der Waals surface area contributed by atoms with E-state index in [2.05, 4.69) is 11.1 Å². The number of carbonyl (C=O) groups is 1. The lowest BCUT2D eigenvalue weighted by Crippen LogP contribution is -2.48. The first-order valence-electron chi connectivity index (χ1n) is 8.83. The van der Waals surface area contributed by atoms with Crippen LogP contribution in [0.25, 0.3) is 0 Å². The topological polar surface area (TPSA) is 51.7 Å². The summed E-state index contributed by atoms with van der Waals surface area (Å²) in [5.41, 5.74) is 2.23. The van der Waals surface area contributed by atoms with Crippen molar-refractivity contribution in [2.45, 2.75) is 24.9 Å². The lowest BCUT2D eigenvalue weighted by Gasteiger charge is -2.45. The second-order valence-corrected chi connectivity index (χ2v) is 6.77. The molecule has 0 bridgehead atoms. The minimum Gasteiger partial charge on any atom is -0.496 e. The fourth-order valence-corrected chi connectivity index (χ4v) is 4.08. The normalized spacial score (nSPS) is 18.5. The van der Waals surface area contributed by atoms with Gasteiger partial charge in [-0.25, -0.2) is 4.39 Å². The molecule has 4 rings (SSSR count). The lowest BCUT2D eigenvalue weighted by molar-refractivity contribution is -0.0946. The number of hydrogen-bond acceptors (Lipinski definition) is 4. The summed E-state index contributed by atoms with van der Waals surface area (Å²) in [5.74, 6) is 0.151. The van der Waals surface area contributed by atoms with E-state index in [0.29, 0.717) is 32.5 Å². The molecular formula is C20H21FN2O3. The molecule has 26 heavy (non-hydrogen) atoms. The molecule has 0 aliphatic carbocycles. The standard InChI is InChI=1S/C20H21FN2O3/c1-25-17-4-2-3-14-5-10-26-20(18(14)17)6-8-23(9-7-20)19(24)15-11-16(21)13-22-12-15/h2-4,11-13H,5-10H2,1H3. The summed E-state index contributed by atoms with van der Waals surface area (Å²) < 4.78 is 25.2. The second kappa shape index (κ2) is 6.68. The van der Waals surface area contributed by atoms with Crippen molar-refractivity contribution in [3.63, 3.8) is 0 Å². The Morgan fingerprint density at radius 3 is 2.85 bits per heavy atom. The molecule has 3 heterocycles. The molecule has 136 valence electrons. The molecule has 1 aromatic heterocycles. The highest BCUT2D eigenvalue weighted by Gasteiger charge is 2.43. The predicted molar refractivity (Wildman–Crippen MR) is 93.7 cm³/mol. The molecule has 2 aliphatic rings. The molecule has 1 amide bonds. The third-order valence-corrected chi connectivity index (χ3v) is 5.35. The molecule has 1 saturated heterocycles. The number of piperidine rings is 1. The van der Waals surface area contributed by atoms with E-state index in [4.69, 9.17) is 9.47 Å². The summed E-state index contributed by atoms with van der Waals surface area (Å²) in [5, 5.41) is 0. The van der Waals surface area contributed by atoms with Crippen LogP contribution in [-0.4, -0.2) is 42.6 Å². The molecule has 1 fully saturated rings. The Kier molecular flexibility index (Phi) is 4.36. The zero-order chi connectivity index (χ0) is 18.1. The van der Waals surface area contributed by atoms with E-state index >= 15 is 0 Å². The van der Waals surface area contributed by atoms with E-state index < -0.39 is 11.4 Å². The van der Waals surface area contributed by atoms with Gasteiger partial charge in [-0.1, -0.05) is 12.1 Å². The number of likely N-dealkylation sites (tertiary alicyclic amines) is 1. The van der Waals surface area contributed by atoms with E-state index in [-0.39, 0.29) is 11.5 Å². The second-order valence-electron chi connectivity index (χ2n) is 6.77.